The van der Waals surface area contributed by atoms with Crippen molar-refractivity contribution in [2.45, 2.75) is 82.2 Å². The summed E-state index contributed by atoms with van der Waals surface area (Å²) in [6.45, 7) is 26.4. The van der Waals surface area contributed by atoms with Gasteiger partial charge in [0.1, 0.15) is 73.8 Å². The van der Waals surface area contributed by atoms with Gasteiger partial charge in [0.05, 0.1) is 26.4 Å². The highest BCUT2D eigenvalue weighted by Gasteiger charge is 2.29. The van der Waals surface area contributed by atoms with Gasteiger partial charge in [0.15, 0.2) is 0 Å². The molecule has 0 aromatic heterocycles. The summed E-state index contributed by atoms with van der Waals surface area (Å²) < 4.78 is 44.7. The van der Waals surface area contributed by atoms with Crippen LogP contribution >= 0.6 is 0 Å². The van der Waals surface area contributed by atoms with Crippen LogP contribution in [0.3, 0.4) is 0 Å². The Labute approximate surface area is 350 Å². The lowest BCUT2D eigenvalue weighted by Gasteiger charge is -2.28. The van der Waals surface area contributed by atoms with Crippen LogP contribution in [0.2, 0.25) is 0 Å². The summed E-state index contributed by atoms with van der Waals surface area (Å²) in [4.78, 5) is 0. The highest BCUT2D eigenvalue weighted by molar-refractivity contribution is 5.49. The van der Waals surface area contributed by atoms with Crippen molar-refractivity contribution >= 4 is 0 Å². The van der Waals surface area contributed by atoms with Crippen molar-refractivity contribution in [2.75, 3.05) is 52.9 Å². The fourth-order valence-corrected chi connectivity index (χ4v) is 6.97. The largest absolute Gasteiger partial charge is 0.491 e. The highest BCUT2D eigenvalue weighted by atomic mass is 16.6. The van der Waals surface area contributed by atoms with Crippen molar-refractivity contribution in [3.8, 4) is 23.0 Å². The fourth-order valence-electron chi connectivity index (χ4n) is 6.97. The quantitative estimate of drug-likeness (QED) is 0.0575. The molecule has 4 aromatic carbocycles. The molecule has 0 saturated carbocycles. The number of ether oxygens (including phenoxy) is 8. The van der Waals surface area contributed by atoms with Gasteiger partial charge in [0, 0.05) is 10.8 Å². The summed E-state index contributed by atoms with van der Waals surface area (Å²) in [7, 11) is 0. The summed E-state index contributed by atoms with van der Waals surface area (Å²) in [6.07, 6.45) is 9.07. The van der Waals surface area contributed by atoms with E-state index in [9.17, 15) is 0 Å². The van der Waals surface area contributed by atoms with Gasteiger partial charge in [0.25, 0.3) is 0 Å². The van der Waals surface area contributed by atoms with Gasteiger partial charge >= 0.3 is 0 Å². The zero-order valence-corrected chi connectivity index (χ0v) is 35.2. The molecule has 4 fully saturated rings. The number of epoxide rings is 4. The third kappa shape index (κ3) is 11.7. The molecule has 8 rings (SSSR count). The molecule has 4 aliphatic rings. The van der Waals surface area contributed by atoms with E-state index in [2.05, 4.69) is 114 Å². The first-order valence-corrected chi connectivity index (χ1v) is 20.9. The Morgan fingerprint density at radius 2 is 0.746 bits per heavy atom. The molecule has 4 saturated heterocycles. The minimum Gasteiger partial charge on any atom is -0.491 e. The number of allylic oxidation sites excluding steroid dienone is 3. The molecule has 4 atom stereocenters. The molecule has 4 aliphatic heterocycles. The Kier molecular flexibility index (Phi) is 13.6. The molecule has 0 radical (unpaired) electrons. The first-order chi connectivity index (χ1) is 28.6. The normalized spacial score (nSPS) is 20.0. The first-order valence-electron chi connectivity index (χ1n) is 20.9. The van der Waals surface area contributed by atoms with E-state index in [1.165, 1.54) is 22.3 Å². The molecule has 0 spiro atoms. The SMILES string of the molecule is C=CCc1cc(C(C)(C)c2ccc(OCC3CO3)c(CC=C)c2)ccc1OCC1CO1.C=CCc1cc(C(C)(C)c2ccc(OCC3CO3)cc2)ccc1OCC1CO1. The summed E-state index contributed by atoms with van der Waals surface area (Å²) >= 11 is 0. The Hall–Kier alpha value is -4.86. The number of benzene rings is 4. The van der Waals surface area contributed by atoms with Gasteiger partial charge in [0.2, 0.25) is 0 Å². The summed E-state index contributed by atoms with van der Waals surface area (Å²) in [5, 5.41) is 0. The molecule has 8 heteroatoms. The minimum absolute atomic E-state index is 0.133. The van der Waals surface area contributed by atoms with Crippen molar-refractivity contribution in [3.63, 3.8) is 0 Å². The Bertz CT molecular complexity index is 1980. The van der Waals surface area contributed by atoms with Crippen LogP contribution in [0.25, 0.3) is 0 Å². The Morgan fingerprint density at radius 3 is 1.05 bits per heavy atom. The van der Waals surface area contributed by atoms with E-state index >= 15 is 0 Å². The van der Waals surface area contributed by atoms with Crippen molar-refractivity contribution in [2.24, 2.45) is 0 Å². The van der Waals surface area contributed by atoms with E-state index in [1.54, 1.807) is 0 Å². The van der Waals surface area contributed by atoms with Crippen LogP contribution in [0, 0.1) is 0 Å². The van der Waals surface area contributed by atoms with Crippen LogP contribution in [-0.2, 0) is 49.0 Å². The molecule has 0 amide bonds. The van der Waals surface area contributed by atoms with E-state index in [0.717, 1.165) is 85.4 Å². The van der Waals surface area contributed by atoms with Crippen molar-refractivity contribution in [1.29, 1.82) is 0 Å². The van der Waals surface area contributed by atoms with Gasteiger partial charge in [-0.25, -0.2) is 0 Å². The van der Waals surface area contributed by atoms with Crippen molar-refractivity contribution < 1.29 is 37.9 Å². The van der Waals surface area contributed by atoms with Gasteiger partial charge in [-0.1, -0.05) is 94.5 Å². The van der Waals surface area contributed by atoms with E-state index in [-0.39, 0.29) is 35.2 Å². The minimum atomic E-state index is -0.178. The second-order valence-electron chi connectivity index (χ2n) is 16.8. The van der Waals surface area contributed by atoms with Gasteiger partial charge in [-0.3, -0.25) is 0 Å². The lowest BCUT2D eigenvalue weighted by atomic mass is 9.77. The Morgan fingerprint density at radius 1 is 0.458 bits per heavy atom. The maximum atomic E-state index is 5.99. The molecule has 0 N–H and O–H groups in total. The molecule has 312 valence electrons. The average molecular weight is 801 g/mol. The fraction of sp³-hybridized carbons (Fsp3) is 0.412. The highest BCUT2D eigenvalue weighted by Crippen LogP contribution is 2.38. The van der Waals surface area contributed by atoms with Gasteiger partial charge in [-0.15, -0.1) is 19.7 Å². The monoisotopic (exact) mass is 800 g/mol. The standard InChI is InChI=1S/C27H32O4.C24H28O4/c1-5-7-19-13-21(9-11-25(19)30-17-23-15-28-23)27(3,4)22-10-12-26(20(14-22)8-6-2)31-18-24-16-29-24;1-4-5-17-12-19(8-11-23(17)28-16-22-15-27-22)24(2,3)18-6-9-20(10-7-18)25-13-21-14-26-21/h5-6,9-14,23-24H,1-2,7-8,15-18H2,3-4H3;4,6-12,21-22H,1,5,13-16H2,2-3H3. The number of hydrogen-bond donors (Lipinski definition) is 0. The van der Waals surface area contributed by atoms with Crippen LogP contribution in [0.15, 0.2) is 117 Å². The summed E-state index contributed by atoms with van der Waals surface area (Å²) in [6, 6.07) is 27.8. The molecule has 4 heterocycles. The molecular formula is C51H60O8. The number of rotatable bonds is 22. The molecule has 0 bridgehead atoms. The van der Waals surface area contributed by atoms with Gasteiger partial charge in [-0.05, 0) is 88.5 Å². The lowest BCUT2D eigenvalue weighted by molar-refractivity contribution is 0.261. The smallest absolute Gasteiger partial charge is 0.122 e. The van der Waals surface area contributed by atoms with Crippen LogP contribution in [0.4, 0.5) is 0 Å². The van der Waals surface area contributed by atoms with Crippen LogP contribution < -0.4 is 18.9 Å². The van der Waals surface area contributed by atoms with Crippen LogP contribution in [-0.4, -0.2) is 77.3 Å². The molecule has 4 aromatic rings. The third-order valence-corrected chi connectivity index (χ3v) is 11.3. The second-order valence-corrected chi connectivity index (χ2v) is 16.8. The van der Waals surface area contributed by atoms with Crippen LogP contribution in [0.5, 0.6) is 23.0 Å². The molecule has 59 heavy (non-hydrogen) atoms. The number of hydrogen-bond acceptors (Lipinski definition) is 8. The van der Waals surface area contributed by atoms with E-state index < -0.39 is 0 Å². The van der Waals surface area contributed by atoms with Crippen LogP contribution in [0.1, 0.15) is 66.6 Å². The molecular weight excluding hydrogens is 741 g/mol. The zero-order chi connectivity index (χ0) is 41.4. The second kappa shape index (κ2) is 19.0. The van der Waals surface area contributed by atoms with Gasteiger partial charge < -0.3 is 37.9 Å². The average Bonchev–Trinajstić information content (AvgIpc) is 4.03. The molecule has 8 nitrogen and oxygen atoms in total. The topological polar surface area (TPSA) is 87.0 Å². The molecule has 0 aliphatic carbocycles. The van der Waals surface area contributed by atoms with Crippen molar-refractivity contribution in [1.82, 2.24) is 0 Å². The lowest BCUT2D eigenvalue weighted by Crippen LogP contribution is -2.20. The maximum absolute atomic E-state index is 5.99. The predicted octanol–water partition coefficient (Wildman–Crippen LogP) is 9.32. The van der Waals surface area contributed by atoms with Gasteiger partial charge in [-0.2, -0.15) is 0 Å². The van der Waals surface area contributed by atoms with Crippen molar-refractivity contribution in [3.05, 3.63) is 156 Å². The van der Waals surface area contributed by atoms with E-state index in [4.69, 9.17) is 37.9 Å². The molecule has 4 unspecified atom stereocenters. The summed E-state index contributed by atoms with van der Waals surface area (Å²) in [5.41, 5.74) is 8.12. The van der Waals surface area contributed by atoms with E-state index in [0.29, 0.717) is 26.4 Å². The maximum Gasteiger partial charge on any atom is 0.122 e. The Balaban J connectivity index is 0.000000180. The predicted molar refractivity (Wildman–Crippen MR) is 233 cm³/mol. The van der Waals surface area contributed by atoms with E-state index in [1.807, 2.05) is 30.4 Å². The summed E-state index contributed by atoms with van der Waals surface area (Å²) in [5.74, 6) is 3.62. The first kappa shape index (κ1) is 42.3. The zero-order valence-electron chi connectivity index (χ0n) is 35.2. The third-order valence-electron chi connectivity index (χ3n) is 11.3.